The molecular weight excluding hydrogens is 310 g/mol. The predicted octanol–water partition coefficient (Wildman–Crippen LogP) is 3.60. The molecule has 1 N–H and O–H groups in total. The van der Waals surface area contributed by atoms with Crippen LogP contribution in [0.2, 0.25) is 5.02 Å². The van der Waals surface area contributed by atoms with E-state index in [-0.39, 0.29) is 5.75 Å². The van der Waals surface area contributed by atoms with Crippen molar-refractivity contribution < 1.29 is 13.2 Å². The fraction of sp³-hybridized carbons (Fsp3) is 0.200. The molecule has 0 amide bonds. The third kappa shape index (κ3) is 4.12. The zero-order chi connectivity index (χ0) is 15.5. The fourth-order valence-corrected chi connectivity index (χ4v) is 3.54. The van der Waals surface area contributed by atoms with Gasteiger partial charge in [-0.1, -0.05) is 41.9 Å². The fourth-order valence-electron chi connectivity index (χ4n) is 2.07. The normalized spacial score (nSPS) is 11.2. The number of aryl methyl sites for hydroxylation is 1. The highest BCUT2D eigenvalue weighted by Gasteiger charge is 2.16. The van der Waals surface area contributed by atoms with Crippen molar-refractivity contribution >= 4 is 27.3 Å². The number of sulfonamides is 1. The van der Waals surface area contributed by atoms with Gasteiger partial charge in [0, 0.05) is 5.02 Å². The molecule has 0 radical (unpaired) electrons. The van der Waals surface area contributed by atoms with E-state index in [0.717, 1.165) is 5.56 Å². The predicted molar refractivity (Wildman–Crippen MR) is 85.4 cm³/mol. The van der Waals surface area contributed by atoms with Gasteiger partial charge in [0.2, 0.25) is 10.0 Å². The highest BCUT2D eigenvalue weighted by atomic mass is 35.5. The van der Waals surface area contributed by atoms with Crippen LogP contribution in [0.3, 0.4) is 0 Å². The van der Waals surface area contributed by atoms with Crippen molar-refractivity contribution in [2.75, 3.05) is 11.8 Å². The zero-order valence-electron chi connectivity index (χ0n) is 11.8. The van der Waals surface area contributed by atoms with Crippen LogP contribution < -0.4 is 9.46 Å². The lowest BCUT2D eigenvalue weighted by atomic mass is 10.2. The molecule has 112 valence electrons. The van der Waals surface area contributed by atoms with Gasteiger partial charge in [0.05, 0.1) is 18.6 Å². The molecule has 0 aliphatic rings. The van der Waals surface area contributed by atoms with Gasteiger partial charge in [-0.3, -0.25) is 4.72 Å². The van der Waals surface area contributed by atoms with E-state index in [1.54, 1.807) is 37.3 Å². The quantitative estimate of drug-likeness (QED) is 0.913. The highest BCUT2D eigenvalue weighted by Crippen LogP contribution is 2.33. The Morgan fingerprint density at radius 2 is 1.86 bits per heavy atom. The van der Waals surface area contributed by atoms with Crippen molar-refractivity contribution in [3.05, 3.63) is 58.6 Å². The first-order chi connectivity index (χ1) is 9.91. The van der Waals surface area contributed by atoms with E-state index in [1.165, 1.54) is 13.2 Å². The Kier molecular flexibility index (Phi) is 4.75. The number of anilines is 1. The number of hydrogen-bond donors (Lipinski definition) is 1. The molecule has 0 saturated carbocycles. The van der Waals surface area contributed by atoms with Gasteiger partial charge >= 0.3 is 0 Å². The monoisotopic (exact) mass is 325 g/mol. The summed E-state index contributed by atoms with van der Waals surface area (Å²) in [4.78, 5) is 0. The van der Waals surface area contributed by atoms with E-state index >= 15 is 0 Å². The van der Waals surface area contributed by atoms with Crippen LogP contribution in [0.1, 0.15) is 11.1 Å². The van der Waals surface area contributed by atoms with Gasteiger partial charge in [0.25, 0.3) is 0 Å². The van der Waals surface area contributed by atoms with Gasteiger partial charge in [-0.2, -0.15) is 0 Å². The maximum absolute atomic E-state index is 12.3. The molecule has 0 atom stereocenters. The summed E-state index contributed by atoms with van der Waals surface area (Å²) in [6, 6.07) is 12.2. The molecule has 21 heavy (non-hydrogen) atoms. The second kappa shape index (κ2) is 6.37. The van der Waals surface area contributed by atoms with Gasteiger partial charge in [-0.25, -0.2) is 8.42 Å². The lowest BCUT2D eigenvalue weighted by Crippen LogP contribution is -2.16. The maximum atomic E-state index is 12.3. The molecule has 0 fully saturated rings. The minimum Gasteiger partial charge on any atom is -0.494 e. The topological polar surface area (TPSA) is 55.4 Å². The Morgan fingerprint density at radius 1 is 1.19 bits per heavy atom. The molecule has 2 rings (SSSR count). The standard InChI is InChI=1S/C15H16ClNO3S/c1-11-8-13(16)9-14(15(11)20-2)17-21(18,19)10-12-6-4-3-5-7-12/h3-9,17H,10H2,1-2H3. The molecule has 0 aliphatic heterocycles. The van der Waals surface area contributed by atoms with Crippen LogP contribution in [0, 0.1) is 6.92 Å². The summed E-state index contributed by atoms with van der Waals surface area (Å²) < 4.78 is 32.3. The molecular formula is C15H16ClNO3S. The van der Waals surface area contributed by atoms with E-state index in [2.05, 4.69) is 4.72 Å². The molecule has 2 aromatic carbocycles. The van der Waals surface area contributed by atoms with Crippen molar-refractivity contribution in [2.45, 2.75) is 12.7 Å². The van der Waals surface area contributed by atoms with Crippen molar-refractivity contribution in [3.8, 4) is 5.75 Å². The number of nitrogens with one attached hydrogen (secondary N) is 1. The van der Waals surface area contributed by atoms with Gasteiger partial charge in [0.15, 0.2) is 0 Å². The average Bonchev–Trinajstić information content (AvgIpc) is 2.38. The van der Waals surface area contributed by atoms with Gasteiger partial charge in [-0.15, -0.1) is 0 Å². The summed E-state index contributed by atoms with van der Waals surface area (Å²) in [5, 5.41) is 0.450. The summed E-state index contributed by atoms with van der Waals surface area (Å²) in [7, 11) is -2.05. The number of ether oxygens (including phenoxy) is 1. The summed E-state index contributed by atoms with van der Waals surface area (Å²) in [5.74, 6) is 0.360. The van der Waals surface area contributed by atoms with Crippen LogP contribution in [-0.4, -0.2) is 15.5 Å². The molecule has 6 heteroatoms. The Labute approximate surface area is 129 Å². The van der Waals surface area contributed by atoms with Crippen molar-refractivity contribution in [3.63, 3.8) is 0 Å². The number of methoxy groups -OCH3 is 1. The first-order valence-corrected chi connectivity index (χ1v) is 8.33. The van der Waals surface area contributed by atoms with Gasteiger partial charge in [-0.05, 0) is 30.2 Å². The third-order valence-electron chi connectivity index (χ3n) is 2.91. The molecule has 0 aromatic heterocycles. The van der Waals surface area contributed by atoms with E-state index < -0.39 is 10.0 Å². The third-order valence-corrected chi connectivity index (χ3v) is 4.37. The summed E-state index contributed by atoms with van der Waals surface area (Å²) in [5.41, 5.74) is 1.82. The van der Waals surface area contributed by atoms with Crippen LogP contribution >= 0.6 is 11.6 Å². The van der Waals surface area contributed by atoms with Crippen LogP contribution in [0.25, 0.3) is 0 Å². The van der Waals surface area contributed by atoms with Gasteiger partial charge < -0.3 is 4.74 Å². The maximum Gasteiger partial charge on any atom is 0.237 e. The Bertz CT molecular complexity index is 730. The molecule has 0 heterocycles. The summed E-state index contributed by atoms with van der Waals surface area (Å²) in [6.45, 7) is 1.81. The number of rotatable bonds is 5. The highest BCUT2D eigenvalue weighted by molar-refractivity contribution is 7.91. The molecule has 2 aromatic rings. The SMILES string of the molecule is COc1c(C)cc(Cl)cc1NS(=O)(=O)Cc1ccccc1. The smallest absolute Gasteiger partial charge is 0.237 e. The Hall–Kier alpha value is -1.72. The number of hydrogen-bond acceptors (Lipinski definition) is 3. The van der Waals surface area contributed by atoms with Crippen molar-refractivity contribution in [2.24, 2.45) is 0 Å². The molecule has 0 aliphatic carbocycles. The van der Waals surface area contributed by atoms with E-state index in [9.17, 15) is 8.42 Å². The number of halogens is 1. The molecule has 4 nitrogen and oxygen atoms in total. The molecule has 0 unspecified atom stereocenters. The van der Waals surface area contributed by atoms with Gasteiger partial charge in [0.1, 0.15) is 5.75 Å². The minimum atomic E-state index is -3.54. The van der Waals surface area contributed by atoms with E-state index in [4.69, 9.17) is 16.3 Å². The Morgan fingerprint density at radius 3 is 2.48 bits per heavy atom. The van der Waals surface area contributed by atoms with Crippen LogP contribution in [0.5, 0.6) is 5.75 Å². The van der Waals surface area contributed by atoms with E-state index in [0.29, 0.717) is 22.0 Å². The van der Waals surface area contributed by atoms with Crippen LogP contribution in [0.15, 0.2) is 42.5 Å². The van der Waals surface area contributed by atoms with Crippen molar-refractivity contribution in [1.82, 2.24) is 0 Å². The van der Waals surface area contributed by atoms with Crippen LogP contribution in [-0.2, 0) is 15.8 Å². The molecule has 0 bridgehead atoms. The zero-order valence-corrected chi connectivity index (χ0v) is 13.3. The van der Waals surface area contributed by atoms with Crippen LogP contribution in [0.4, 0.5) is 5.69 Å². The largest absolute Gasteiger partial charge is 0.494 e. The second-order valence-corrected chi connectivity index (χ2v) is 6.81. The first kappa shape index (κ1) is 15.7. The lowest BCUT2D eigenvalue weighted by molar-refractivity contribution is 0.414. The average molecular weight is 326 g/mol. The lowest BCUT2D eigenvalue weighted by Gasteiger charge is -2.14. The molecule has 0 saturated heterocycles. The number of benzene rings is 2. The minimum absolute atomic E-state index is 0.109. The second-order valence-electron chi connectivity index (χ2n) is 4.65. The Balaban J connectivity index is 2.29. The van der Waals surface area contributed by atoms with Crippen molar-refractivity contribution in [1.29, 1.82) is 0 Å². The first-order valence-electron chi connectivity index (χ1n) is 6.30. The summed E-state index contributed by atoms with van der Waals surface area (Å²) >= 11 is 5.98. The summed E-state index contributed by atoms with van der Waals surface area (Å²) in [6.07, 6.45) is 0. The molecule has 0 spiro atoms. The van der Waals surface area contributed by atoms with E-state index in [1.807, 2.05) is 6.07 Å².